The van der Waals surface area contributed by atoms with Gasteiger partial charge >= 0.3 is 0 Å². The van der Waals surface area contributed by atoms with E-state index in [1.807, 2.05) is 0 Å². The zero-order valence-corrected chi connectivity index (χ0v) is 12.5. The van der Waals surface area contributed by atoms with E-state index in [0.717, 1.165) is 6.26 Å². The highest BCUT2D eigenvalue weighted by Crippen LogP contribution is 2.27. The molecule has 0 saturated heterocycles. The number of hydrogen-bond acceptors (Lipinski definition) is 6. The van der Waals surface area contributed by atoms with Crippen molar-refractivity contribution in [2.24, 2.45) is 0 Å². The van der Waals surface area contributed by atoms with Crippen molar-refractivity contribution in [1.29, 1.82) is 0 Å². The average Bonchev–Trinajstić information content (AvgIpc) is 2.34. The number of pyridine rings is 1. The predicted molar refractivity (Wildman–Crippen MR) is 78.0 cm³/mol. The Balaban J connectivity index is 2.36. The molecular weight excluding hydrogens is 325 g/mol. The molecule has 0 spiro atoms. The number of halogens is 2. The molecule has 0 bridgehead atoms. The first kappa shape index (κ1) is 14.8. The fourth-order valence-corrected chi connectivity index (χ4v) is 2.17. The van der Waals surface area contributed by atoms with Crippen LogP contribution in [-0.4, -0.2) is 29.6 Å². The second kappa shape index (κ2) is 5.78. The Bertz CT molecular complexity index is 738. The summed E-state index contributed by atoms with van der Waals surface area (Å²) in [5.74, 6) is 0.469. The lowest BCUT2D eigenvalue weighted by Crippen LogP contribution is -2.12. The molecule has 2 heterocycles. The van der Waals surface area contributed by atoms with E-state index in [1.165, 1.54) is 12.4 Å². The summed E-state index contributed by atoms with van der Waals surface area (Å²) >= 11 is 11.6. The minimum atomic E-state index is -3.43. The van der Waals surface area contributed by atoms with Gasteiger partial charge in [0.1, 0.15) is 5.02 Å². The molecule has 2 N–H and O–H groups in total. The molecule has 0 aromatic carbocycles. The van der Waals surface area contributed by atoms with Gasteiger partial charge in [0.25, 0.3) is 0 Å². The Morgan fingerprint density at radius 2 is 1.95 bits per heavy atom. The zero-order valence-electron chi connectivity index (χ0n) is 10.1. The van der Waals surface area contributed by atoms with Crippen LogP contribution in [0.15, 0.2) is 24.5 Å². The number of sulfonamides is 1. The Hall–Kier alpha value is -1.64. The van der Waals surface area contributed by atoms with Crippen molar-refractivity contribution < 1.29 is 8.42 Å². The highest BCUT2D eigenvalue weighted by atomic mass is 35.5. The molecule has 106 valence electrons. The molecule has 0 fully saturated rings. The van der Waals surface area contributed by atoms with Crippen molar-refractivity contribution in [2.45, 2.75) is 0 Å². The summed E-state index contributed by atoms with van der Waals surface area (Å²) in [4.78, 5) is 11.6. The Morgan fingerprint density at radius 3 is 2.65 bits per heavy atom. The maximum Gasteiger partial charge on any atom is 0.229 e. The van der Waals surface area contributed by atoms with E-state index in [4.69, 9.17) is 23.2 Å². The standard InChI is InChI=1S/C10H9Cl2N5O2S/c1-20(18,19)17-7-3-2-4-13-9(7)15-8-6(11)5-14-10(12)16-8/h2-5,17H,1H3,(H,13,14,15,16). The Morgan fingerprint density at radius 1 is 1.20 bits per heavy atom. The fourth-order valence-electron chi connectivity index (χ4n) is 1.33. The molecule has 0 saturated carbocycles. The number of rotatable bonds is 4. The molecule has 0 aliphatic carbocycles. The van der Waals surface area contributed by atoms with Gasteiger partial charge in [-0.05, 0) is 23.7 Å². The van der Waals surface area contributed by atoms with E-state index < -0.39 is 10.0 Å². The van der Waals surface area contributed by atoms with Gasteiger partial charge in [-0.2, -0.15) is 4.98 Å². The minimum absolute atomic E-state index is 0.00505. The summed E-state index contributed by atoms with van der Waals surface area (Å²) in [5.41, 5.74) is 0.265. The van der Waals surface area contributed by atoms with Crippen LogP contribution < -0.4 is 10.0 Å². The van der Waals surface area contributed by atoms with Crippen LogP contribution in [0.1, 0.15) is 0 Å². The van der Waals surface area contributed by atoms with Gasteiger partial charge in [-0.3, -0.25) is 4.72 Å². The molecule has 2 rings (SSSR count). The van der Waals surface area contributed by atoms with E-state index in [1.54, 1.807) is 12.1 Å². The van der Waals surface area contributed by atoms with Crippen LogP contribution in [0.4, 0.5) is 17.3 Å². The lowest BCUT2D eigenvalue weighted by molar-refractivity contribution is 0.607. The highest BCUT2D eigenvalue weighted by molar-refractivity contribution is 7.92. The van der Waals surface area contributed by atoms with Crippen LogP contribution in [-0.2, 0) is 10.0 Å². The number of aromatic nitrogens is 3. The summed E-state index contributed by atoms with van der Waals surface area (Å²) in [5, 5.41) is 3.03. The van der Waals surface area contributed by atoms with Crippen molar-refractivity contribution in [1.82, 2.24) is 15.0 Å². The monoisotopic (exact) mass is 333 g/mol. The molecule has 0 aliphatic heterocycles. The summed E-state index contributed by atoms with van der Waals surface area (Å²) in [6, 6.07) is 3.14. The van der Waals surface area contributed by atoms with Crippen molar-refractivity contribution in [2.75, 3.05) is 16.3 Å². The number of anilines is 3. The van der Waals surface area contributed by atoms with E-state index in [-0.39, 0.29) is 27.6 Å². The summed E-state index contributed by atoms with van der Waals surface area (Å²) < 4.78 is 24.9. The smallest absolute Gasteiger partial charge is 0.229 e. The third-order valence-electron chi connectivity index (χ3n) is 2.05. The summed E-state index contributed by atoms with van der Waals surface area (Å²) in [6.45, 7) is 0. The molecule has 10 heteroatoms. The van der Waals surface area contributed by atoms with Gasteiger partial charge in [0, 0.05) is 6.20 Å². The first-order valence-corrected chi connectivity index (χ1v) is 7.88. The van der Waals surface area contributed by atoms with Crippen molar-refractivity contribution >= 4 is 50.5 Å². The molecule has 2 aromatic heterocycles. The normalized spacial score (nSPS) is 11.2. The highest BCUT2D eigenvalue weighted by Gasteiger charge is 2.11. The lowest BCUT2D eigenvalue weighted by atomic mass is 10.4. The van der Waals surface area contributed by atoms with Crippen molar-refractivity contribution in [3.8, 4) is 0 Å². The molecule has 20 heavy (non-hydrogen) atoms. The molecule has 0 radical (unpaired) electrons. The molecule has 7 nitrogen and oxygen atoms in total. The average molecular weight is 334 g/mol. The molecule has 0 aliphatic rings. The van der Waals surface area contributed by atoms with Crippen LogP contribution >= 0.6 is 23.2 Å². The van der Waals surface area contributed by atoms with E-state index >= 15 is 0 Å². The maximum absolute atomic E-state index is 11.3. The second-order valence-corrected chi connectivity index (χ2v) is 6.23. The molecule has 0 unspecified atom stereocenters. The topological polar surface area (TPSA) is 96.9 Å². The number of nitrogens with zero attached hydrogens (tertiary/aromatic N) is 3. The van der Waals surface area contributed by atoms with Gasteiger partial charge in [-0.15, -0.1) is 0 Å². The van der Waals surface area contributed by atoms with Gasteiger partial charge < -0.3 is 5.32 Å². The van der Waals surface area contributed by atoms with Gasteiger partial charge in [0.05, 0.1) is 18.1 Å². The minimum Gasteiger partial charge on any atom is -0.322 e. The van der Waals surface area contributed by atoms with Crippen LogP contribution in [0.2, 0.25) is 10.3 Å². The maximum atomic E-state index is 11.3. The van der Waals surface area contributed by atoms with Crippen molar-refractivity contribution in [3.63, 3.8) is 0 Å². The Kier molecular flexibility index (Phi) is 4.26. The third kappa shape index (κ3) is 3.92. The van der Waals surface area contributed by atoms with E-state index in [2.05, 4.69) is 25.0 Å². The van der Waals surface area contributed by atoms with Gasteiger partial charge in [0.2, 0.25) is 15.3 Å². The fraction of sp³-hybridized carbons (Fsp3) is 0.100. The van der Waals surface area contributed by atoms with Crippen LogP contribution in [0, 0.1) is 0 Å². The molecule has 0 atom stereocenters. The van der Waals surface area contributed by atoms with Gasteiger partial charge in [-0.1, -0.05) is 11.6 Å². The first-order chi connectivity index (χ1) is 9.35. The molecular formula is C10H9Cl2N5O2S. The summed E-state index contributed by atoms with van der Waals surface area (Å²) in [7, 11) is -3.43. The lowest BCUT2D eigenvalue weighted by Gasteiger charge is -2.11. The van der Waals surface area contributed by atoms with E-state index in [9.17, 15) is 8.42 Å². The third-order valence-corrected chi connectivity index (χ3v) is 3.10. The zero-order chi connectivity index (χ0) is 14.8. The van der Waals surface area contributed by atoms with E-state index in [0.29, 0.717) is 0 Å². The SMILES string of the molecule is CS(=O)(=O)Nc1cccnc1Nc1nc(Cl)ncc1Cl. The number of nitrogens with one attached hydrogen (secondary N) is 2. The van der Waals surface area contributed by atoms with Crippen LogP contribution in [0.5, 0.6) is 0 Å². The molecule has 2 aromatic rings. The predicted octanol–water partition coefficient (Wildman–Crippen LogP) is 2.29. The molecule has 0 amide bonds. The van der Waals surface area contributed by atoms with Gasteiger partial charge in [0.15, 0.2) is 11.6 Å². The largest absolute Gasteiger partial charge is 0.322 e. The first-order valence-electron chi connectivity index (χ1n) is 5.23. The quantitative estimate of drug-likeness (QED) is 0.833. The van der Waals surface area contributed by atoms with Crippen LogP contribution in [0.3, 0.4) is 0 Å². The van der Waals surface area contributed by atoms with Crippen molar-refractivity contribution in [3.05, 3.63) is 34.8 Å². The number of hydrogen-bond donors (Lipinski definition) is 2. The Labute approximate surface area is 125 Å². The van der Waals surface area contributed by atoms with Crippen LogP contribution in [0.25, 0.3) is 0 Å². The second-order valence-electron chi connectivity index (χ2n) is 3.73. The van der Waals surface area contributed by atoms with Gasteiger partial charge in [-0.25, -0.2) is 18.4 Å². The summed E-state index contributed by atoms with van der Waals surface area (Å²) in [6.07, 6.45) is 3.86.